The van der Waals surface area contributed by atoms with Gasteiger partial charge in [-0.1, -0.05) is 13.0 Å². The van der Waals surface area contributed by atoms with Gasteiger partial charge in [0.15, 0.2) is 11.5 Å². The summed E-state index contributed by atoms with van der Waals surface area (Å²) in [6.07, 6.45) is 0.876. The lowest BCUT2D eigenvalue weighted by Gasteiger charge is -2.31. The first kappa shape index (κ1) is 26.5. The molecule has 2 saturated heterocycles. The van der Waals surface area contributed by atoms with Crippen molar-refractivity contribution in [1.82, 2.24) is 9.80 Å². The minimum atomic E-state index is -0.781. The van der Waals surface area contributed by atoms with Gasteiger partial charge >= 0.3 is 0 Å². The first-order chi connectivity index (χ1) is 18.0. The Morgan fingerprint density at radius 3 is 2.35 bits per heavy atom. The molecule has 0 aromatic heterocycles. The summed E-state index contributed by atoms with van der Waals surface area (Å²) in [5.41, 5.74) is 1.12. The number of aliphatic hydroxyl groups excluding tert-OH is 1. The molecule has 2 aromatic carbocycles. The molecular weight excluding hydrogens is 476 g/mol. The number of likely N-dealkylation sites (tertiary alicyclic amines) is 1. The normalized spacial score (nSPS) is 19.8. The number of hydrogen-bond donors (Lipinski definition) is 1. The quantitative estimate of drug-likeness (QED) is 0.296. The lowest BCUT2D eigenvalue weighted by atomic mass is 9.95. The van der Waals surface area contributed by atoms with Crippen molar-refractivity contribution in [1.29, 1.82) is 0 Å². The van der Waals surface area contributed by atoms with E-state index in [4.69, 9.17) is 18.9 Å². The standard InChI is InChI=1S/C28H34N2O7/c1-4-15-37-21-8-5-19(6-9-21)26(31)24-25(20-7-10-22(34-2)23(18-20)35-3)30(28(33)27(24)32)12-11-29-13-16-36-17-14-29/h5-10,18,25,31H,4,11-17H2,1-3H3/t25-/m1/s1. The maximum absolute atomic E-state index is 13.3. The highest BCUT2D eigenvalue weighted by Gasteiger charge is 2.46. The number of Topliss-reactive ketones (excluding diaryl/α,β-unsaturated/α-hetero) is 1. The van der Waals surface area contributed by atoms with Crippen molar-refractivity contribution >= 4 is 17.4 Å². The fourth-order valence-electron chi connectivity index (χ4n) is 4.64. The molecule has 1 amide bonds. The van der Waals surface area contributed by atoms with Gasteiger partial charge in [0.2, 0.25) is 0 Å². The van der Waals surface area contributed by atoms with Gasteiger partial charge in [-0.05, 0) is 48.4 Å². The second-order valence-corrected chi connectivity index (χ2v) is 8.93. The van der Waals surface area contributed by atoms with E-state index in [1.54, 1.807) is 49.6 Å². The van der Waals surface area contributed by atoms with E-state index < -0.39 is 17.7 Å². The summed E-state index contributed by atoms with van der Waals surface area (Å²) in [6.45, 7) is 6.31. The van der Waals surface area contributed by atoms with Crippen LogP contribution >= 0.6 is 0 Å². The summed E-state index contributed by atoms with van der Waals surface area (Å²) in [5.74, 6) is 0.0771. The lowest BCUT2D eigenvalue weighted by Crippen LogP contribution is -2.42. The third-order valence-electron chi connectivity index (χ3n) is 6.62. The topological polar surface area (TPSA) is 97.8 Å². The van der Waals surface area contributed by atoms with Crippen LogP contribution in [-0.4, -0.2) is 86.8 Å². The molecule has 2 aliphatic rings. The Balaban J connectivity index is 1.73. The summed E-state index contributed by atoms with van der Waals surface area (Å²) in [5, 5.41) is 11.3. The Kier molecular flexibility index (Phi) is 8.68. The average molecular weight is 511 g/mol. The summed E-state index contributed by atoms with van der Waals surface area (Å²) in [4.78, 5) is 30.3. The van der Waals surface area contributed by atoms with Crippen molar-refractivity contribution in [3.8, 4) is 17.2 Å². The van der Waals surface area contributed by atoms with Crippen molar-refractivity contribution in [3.63, 3.8) is 0 Å². The number of nitrogens with zero attached hydrogens (tertiary/aromatic N) is 2. The van der Waals surface area contributed by atoms with E-state index in [2.05, 4.69) is 4.90 Å². The van der Waals surface area contributed by atoms with E-state index >= 15 is 0 Å². The Hall–Kier alpha value is -3.56. The van der Waals surface area contributed by atoms with Crippen LogP contribution in [0.3, 0.4) is 0 Å². The number of rotatable bonds is 10. The molecule has 2 aliphatic heterocycles. The Labute approximate surface area is 217 Å². The number of benzene rings is 2. The number of ketones is 1. The van der Waals surface area contributed by atoms with Crippen LogP contribution in [0.4, 0.5) is 0 Å². The molecule has 1 atom stereocenters. The third kappa shape index (κ3) is 5.73. The number of methoxy groups -OCH3 is 2. The van der Waals surface area contributed by atoms with Gasteiger partial charge < -0.3 is 29.0 Å². The highest BCUT2D eigenvalue weighted by molar-refractivity contribution is 6.46. The summed E-state index contributed by atoms with van der Waals surface area (Å²) >= 11 is 0. The van der Waals surface area contributed by atoms with Crippen molar-refractivity contribution in [2.75, 3.05) is 60.2 Å². The largest absolute Gasteiger partial charge is 0.507 e. The lowest BCUT2D eigenvalue weighted by molar-refractivity contribution is -0.140. The number of morpholine rings is 1. The van der Waals surface area contributed by atoms with E-state index in [-0.39, 0.29) is 11.3 Å². The molecule has 0 saturated carbocycles. The van der Waals surface area contributed by atoms with E-state index in [0.717, 1.165) is 19.5 Å². The summed E-state index contributed by atoms with van der Waals surface area (Å²) in [7, 11) is 3.07. The number of hydrogen-bond acceptors (Lipinski definition) is 8. The molecule has 0 aliphatic carbocycles. The predicted molar refractivity (Wildman–Crippen MR) is 138 cm³/mol. The molecule has 9 nitrogen and oxygen atoms in total. The molecule has 2 fully saturated rings. The maximum Gasteiger partial charge on any atom is 0.295 e. The van der Waals surface area contributed by atoms with Crippen LogP contribution in [-0.2, 0) is 14.3 Å². The van der Waals surface area contributed by atoms with Crippen molar-refractivity contribution in [2.45, 2.75) is 19.4 Å². The van der Waals surface area contributed by atoms with E-state index in [1.807, 2.05) is 6.92 Å². The first-order valence-electron chi connectivity index (χ1n) is 12.5. The molecule has 37 heavy (non-hydrogen) atoms. The Bertz CT molecular complexity index is 1140. The van der Waals surface area contributed by atoms with Gasteiger partial charge in [0.05, 0.1) is 45.7 Å². The first-order valence-corrected chi connectivity index (χ1v) is 12.5. The average Bonchev–Trinajstić information content (AvgIpc) is 3.20. The van der Waals surface area contributed by atoms with Crippen molar-refractivity contribution in [2.24, 2.45) is 0 Å². The number of aliphatic hydroxyl groups is 1. The molecule has 1 N–H and O–H groups in total. The predicted octanol–water partition coefficient (Wildman–Crippen LogP) is 3.25. The summed E-state index contributed by atoms with van der Waals surface area (Å²) in [6, 6.07) is 11.3. The van der Waals surface area contributed by atoms with E-state index in [9.17, 15) is 14.7 Å². The number of carbonyl (C=O) groups is 2. The van der Waals surface area contributed by atoms with Crippen LogP contribution < -0.4 is 14.2 Å². The zero-order valence-electron chi connectivity index (χ0n) is 21.6. The molecule has 2 heterocycles. The van der Waals surface area contributed by atoms with Gasteiger partial charge in [-0.25, -0.2) is 0 Å². The molecule has 0 unspecified atom stereocenters. The Morgan fingerprint density at radius 1 is 1.00 bits per heavy atom. The van der Waals surface area contributed by atoms with Gasteiger partial charge in [-0.2, -0.15) is 0 Å². The monoisotopic (exact) mass is 510 g/mol. The van der Waals surface area contributed by atoms with E-state index in [0.29, 0.717) is 61.3 Å². The zero-order chi connectivity index (χ0) is 26.4. The van der Waals surface area contributed by atoms with Crippen LogP contribution in [0.1, 0.15) is 30.5 Å². The molecule has 0 radical (unpaired) electrons. The molecule has 9 heteroatoms. The van der Waals surface area contributed by atoms with Crippen molar-refractivity contribution in [3.05, 3.63) is 59.2 Å². The molecule has 0 bridgehead atoms. The van der Waals surface area contributed by atoms with Crippen LogP contribution in [0.2, 0.25) is 0 Å². The molecule has 0 spiro atoms. The Morgan fingerprint density at radius 2 is 1.70 bits per heavy atom. The second-order valence-electron chi connectivity index (χ2n) is 8.93. The molecule has 4 rings (SSSR count). The fourth-order valence-corrected chi connectivity index (χ4v) is 4.64. The van der Waals surface area contributed by atoms with Crippen LogP contribution in [0.5, 0.6) is 17.2 Å². The van der Waals surface area contributed by atoms with Crippen LogP contribution in [0, 0.1) is 0 Å². The van der Waals surface area contributed by atoms with Gasteiger partial charge in [0.1, 0.15) is 11.5 Å². The molecular formula is C28H34N2O7. The molecule has 198 valence electrons. The fraction of sp³-hybridized carbons (Fsp3) is 0.429. The van der Waals surface area contributed by atoms with Gasteiger partial charge in [-0.3, -0.25) is 14.5 Å². The highest BCUT2D eigenvalue weighted by Crippen LogP contribution is 2.42. The highest BCUT2D eigenvalue weighted by atomic mass is 16.5. The van der Waals surface area contributed by atoms with Crippen LogP contribution in [0.25, 0.3) is 5.76 Å². The third-order valence-corrected chi connectivity index (χ3v) is 6.62. The van der Waals surface area contributed by atoms with Gasteiger partial charge in [0.25, 0.3) is 11.7 Å². The van der Waals surface area contributed by atoms with E-state index in [1.165, 1.54) is 12.0 Å². The number of carbonyl (C=O) groups excluding carboxylic acids is 2. The minimum Gasteiger partial charge on any atom is -0.507 e. The zero-order valence-corrected chi connectivity index (χ0v) is 21.6. The smallest absolute Gasteiger partial charge is 0.295 e. The molecule has 2 aromatic rings. The van der Waals surface area contributed by atoms with Gasteiger partial charge in [-0.15, -0.1) is 0 Å². The summed E-state index contributed by atoms with van der Waals surface area (Å²) < 4.78 is 21.9. The maximum atomic E-state index is 13.3. The van der Waals surface area contributed by atoms with Gasteiger partial charge in [0, 0.05) is 31.7 Å². The number of amides is 1. The van der Waals surface area contributed by atoms with Crippen LogP contribution in [0.15, 0.2) is 48.0 Å². The number of ether oxygens (including phenoxy) is 4. The van der Waals surface area contributed by atoms with Crippen molar-refractivity contribution < 1.29 is 33.6 Å². The second kappa shape index (κ2) is 12.1. The SMILES string of the molecule is CCCOc1ccc(C(O)=C2C(=O)C(=O)N(CCN3CCOCC3)[C@@H]2c2ccc(OC)c(OC)c2)cc1. The minimum absolute atomic E-state index is 0.0430.